The lowest BCUT2D eigenvalue weighted by atomic mass is 9.95. The van der Waals surface area contributed by atoms with Gasteiger partial charge in [-0.25, -0.2) is 4.79 Å². The van der Waals surface area contributed by atoms with Crippen molar-refractivity contribution in [3.8, 4) is 0 Å². The second kappa shape index (κ2) is 5.96. The third kappa shape index (κ3) is 6.17. The molecule has 0 radical (unpaired) electrons. The summed E-state index contributed by atoms with van der Waals surface area (Å²) in [7, 11) is 0. The van der Waals surface area contributed by atoms with Crippen molar-refractivity contribution < 1.29 is 14.6 Å². The predicted molar refractivity (Wildman–Crippen MR) is 70.4 cm³/mol. The highest BCUT2D eigenvalue weighted by atomic mass is 32.2. The Hall–Kier alpha value is -0.420. The molecule has 1 amide bonds. The Labute approximate surface area is 107 Å². The summed E-state index contributed by atoms with van der Waals surface area (Å²) in [6, 6.07) is 0. The molecule has 1 saturated heterocycles. The fraction of sp³-hybridized carbons (Fsp3) is 0.917. The molecular weight excluding hydrogens is 238 g/mol. The number of rotatable bonds is 2. The zero-order chi connectivity index (χ0) is 12.9. The van der Waals surface area contributed by atoms with Gasteiger partial charge in [0.2, 0.25) is 0 Å². The largest absolute Gasteiger partial charge is 0.444 e. The molecule has 100 valence electrons. The van der Waals surface area contributed by atoms with E-state index in [0.717, 1.165) is 30.8 Å². The molecule has 1 fully saturated rings. The Bertz CT molecular complexity index is 255. The zero-order valence-electron chi connectivity index (χ0n) is 10.9. The van der Waals surface area contributed by atoms with Crippen molar-refractivity contribution in [3.05, 3.63) is 0 Å². The second-order valence-corrected chi connectivity index (χ2v) is 6.77. The predicted octanol–water partition coefficient (Wildman–Crippen LogP) is 2.16. The van der Waals surface area contributed by atoms with Crippen LogP contribution in [0.2, 0.25) is 0 Å². The number of carbonyl (C=O) groups excluding carboxylic acids is 1. The van der Waals surface area contributed by atoms with E-state index in [9.17, 15) is 9.90 Å². The maximum absolute atomic E-state index is 11.5. The van der Waals surface area contributed by atoms with Crippen LogP contribution in [0, 0.1) is 0 Å². The van der Waals surface area contributed by atoms with Gasteiger partial charge in [0.1, 0.15) is 5.60 Å². The minimum absolute atomic E-state index is 0.280. The molecule has 5 heteroatoms. The molecular formula is C12H23NO3S. The van der Waals surface area contributed by atoms with Crippen molar-refractivity contribution in [2.75, 3.05) is 18.1 Å². The molecule has 1 aliphatic heterocycles. The van der Waals surface area contributed by atoms with Crippen LogP contribution in [0.1, 0.15) is 40.0 Å². The van der Waals surface area contributed by atoms with Gasteiger partial charge in [-0.15, -0.1) is 0 Å². The number of nitrogens with one attached hydrogen (secondary N) is 1. The molecule has 0 aromatic carbocycles. The fourth-order valence-electron chi connectivity index (χ4n) is 1.72. The molecule has 4 nitrogen and oxygen atoms in total. The first-order valence-electron chi connectivity index (χ1n) is 6.08. The van der Waals surface area contributed by atoms with Gasteiger partial charge in [-0.1, -0.05) is 0 Å². The molecule has 1 aliphatic rings. The Kier molecular flexibility index (Phi) is 5.13. The molecule has 0 bridgehead atoms. The van der Waals surface area contributed by atoms with Gasteiger partial charge >= 0.3 is 6.09 Å². The van der Waals surface area contributed by atoms with Gasteiger partial charge < -0.3 is 15.2 Å². The monoisotopic (exact) mass is 261 g/mol. The number of thioether (sulfide) groups is 1. The molecule has 1 rings (SSSR count). The molecule has 0 aromatic rings. The van der Waals surface area contributed by atoms with Crippen LogP contribution in [0.15, 0.2) is 0 Å². The normalized spacial score (nSPS) is 26.1. The smallest absolute Gasteiger partial charge is 0.407 e. The molecule has 0 spiro atoms. The van der Waals surface area contributed by atoms with E-state index in [1.54, 1.807) is 0 Å². The van der Waals surface area contributed by atoms with E-state index in [1.807, 2.05) is 32.5 Å². The van der Waals surface area contributed by atoms with E-state index in [-0.39, 0.29) is 6.54 Å². The third-order valence-corrected chi connectivity index (χ3v) is 3.67. The third-order valence-electron chi connectivity index (χ3n) is 2.60. The lowest BCUT2D eigenvalue weighted by molar-refractivity contribution is 0.0173. The van der Waals surface area contributed by atoms with Crippen LogP contribution in [-0.4, -0.2) is 40.5 Å². The summed E-state index contributed by atoms with van der Waals surface area (Å²) in [5.41, 5.74) is -1.26. The topological polar surface area (TPSA) is 58.6 Å². The Morgan fingerprint density at radius 3 is 2.76 bits per heavy atom. The summed E-state index contributed by atoms with van der Waals surface area (Å²) in [6.07, 6.45) is 2.02. The molecule has 1 heterocycles. The molecule has 0 saturated carbocycles. The van der Waals surface area contributed by atoms with Crippen LogP contribution >= 0.6 is 11.8 Å². The summed E-state index contributed by atoms with van der Waals surface area (Å²) in [5.74, 6) is 2.04. The van der Waals surface area contributed by atoms with Gasteiger partial charge in [0.15, 0.2) is 0 Å². The van der Waals surface area contributed by atoms with Gasteiger partial charge in [0.05, 0.1) is 5.60 Å². The summed E-state index contributed by atoms with van der Waals surface area (Å²) < 4.78 is 5.14. The number of carbonyl (C=O) groups is 1. The first-order chi connectivity index (χ1) is 7.81. The van der Waals surface area contributed by atoms with Crippen molar-refractivity contribution in [2.45, 2.75) is 51.2 Å². The van der Waals surface area contributed by atoms with E-state index in [1.165, 1.54) is 0 Å². The molecule has 1 unspecified atom stereocenters. The average molecular weight is 261 g/mol. The van der Waals surface area contributed by atoms with Crippen LogP contribution < -0.4 is 5.32 Å². The van der Waals surface area contributed by atoms with E-state index in [0.29, 0.717) is 0 Å². The summed E-state index contributed by atoms with van der Waals surface area (Å²) in [6.45, 7) is 5.75. The van der Waals surface area contributed by atoms with Crippen molar-refractivity contribution in [1.29, 1.82) is 0 Å². The standard InChI is InChI=1S/C12H23NO3S/c1-11(2,3)16-10(14)13-9-12(15)5-4-7-17-8-6-12/h15H,4-9H2,1-3H3,(H,13,14). The zero-order valence-corrected chi connectivity index (χ0v) is 11.7. The molecule has 0 aromatic heterocycles. The maximum Gasteiger partial charge on any atom is 0.407 e. The lowest BCUT2D eigenvalue weighted by Crippen LogP contribution is -2.44. The van der Waals surface area contributed by atoms with Crippen LogP contribution in [0.25, 0.3) is 0 Å². The number of alkyl carbamates (subject to hydrolysis) is 1. The quantitative estimate of drug-likeness (QED) is 0.799. The first-order valence-corrected chi connectivity index (χ1v) is 7.23. The summed E-state index contributed by atoms with van der Waals surface area (Å²) in [5, 5.41) is 13.0. The fourth-order valence-corrected chi connectivity index (χ4v) is 2.80. The summed E-state index contributed by atoms with van der Waals surface area (Å²) >= 11 is 1.86. The Morgan fingerprint density at radius 1 is 1.41 bits per heavy atom. The van der Waals surface area contributed by atoms with Gasteiger partial charge in [-0.3, -0.25) is 0 Å². The first kappa shape index (κ1) is 14.6. The van der Waals surface area contributed by atoms with Crippen LogP contribution in [0.3, 0.4) is 0 Å². The average Bonchev–Trinajstić information content (AvgIpc) is 2.38. The van der Waals surface area contributed by atoms with E-state index in [4.69, 9.17) is 4.74 Å². The second-order valence-electron chi connectivity index (χ2n) is 5.55. The van der Waals surface area contributed by atoms with E-state index in [2.05, 4.69) is 5.32 Å². The van der Waals surface area contributed by atoms with Gasteiger partial charge in [-0.2, -0.15) is 11.8 Å². The SMILES string of the molecule is CC(C)(C)OC(=O)NCC1(O)CCCSCC1. The summed E-state index contributed by atoms with van der Waals surface area (Å²) in [4.78, 5) is 11.5. The van der Waals surface area contributed by atoms with Crippen LogP contribution in [-0.2, 0) is 4.74 Å². The highest BCUT2D eigenvalue weighted by molar-refractivity contribution is 7.99. The van der Waals surface area contributed by atoms with Crippen LogP contribution in [0.5, 0.6) is 0 Å². The van der Waals surface area contributed by atoms with E-state index < -0.39 is 17.3 Å². The number of amides is 1. The number of aliphatic hydroxyl groups is 1. The lowest BCUT2D eigenvalue weighted by Gasteiger charge is -2.27. The van der Waals surface area contributed by atoms with Crippen molar-refractivity contribution in [3.63, 3.8) is 0 Å². The highest BCUT2D eigenvalue weighted by Crippen LogP contribution is 2.25. The van der Waals surface area contributed by atoms with Gasteiger partial charge in [-0.05, 0) is 51.5 Å². The Balaban J connectivity index is 2.35. The van der Waals surface area contributed by atoms with Gasteiger partial charge in [0, 0.05) is 6.54 Å². The number of hydrogen-bond donors (Lipinski definition) is 2. The van der Waals surface area contributed by atoms with Crippen molar-refractivity contribution >= 4 is 17.9 Å². The number of hydrogen-bond acceptors (Lipinski definition) is 4. The molecule has 1 atom stereocenters. The molecule has 0 aliphatic carbocycles. The van der Waals surface area contributed by atoms with Crippen molar-refractivity contribution in [1.82, 2.24) is 5.32 Å². The minimum atomic E-state index is -0.763. The minimum Gasteiger partial charge on any atom is -0.444 e. The Morgan fingerprint density at radius 2 is 2.12 bits per heavy atom. The number of ether oxygens (including phenoxy) is 1. The molecule has 2 N–H and O–H groups in total. The highest BCUT2D eigenvalue weighted by Gasteiger charge is 2.29. The van der Waals surface area contributed by atoms with Crippen LogP contribution in [0.4, 0.5) is 4.79 Å². The molecule has 17 heavy (non-hydrogen) atoms. The van der Waals surface area contributed by atoms with E-state index >= 15 is 0 Å². The van der Waals surface area contributed by atoms with Gasteiger partial charge in [0.25, 0.3) is 0 Å². The maximum atomic E-state index is 11.5. The van der Waals surface area contributed by atoms with Crippen molar-refractivity contribution in [2.24, 2.45) is 0 Å².